The largest absolute Gasteiger partial charge is 0.478 e. The minimum atomic E-state index is -1.12. The highest BCUT2D eigenvalue weighted by Gasteiger charge is 2.12. The van der Waals surface area contributed by atoms with Crippen LogP contribution in [0.5, 0.6) is 0 Å². The lowest BCUT2D eigenvalue weighted by Gasteiger charge is -2.10. The van der Waals surface area contributed by atoms with Crippen molar-refractivity contribution >= 4 is 5.97 Å². The van der Waals surface area contributed by atoms with Crippen LogP contribution >= 0.6 is 0 Å². The van der Waals surface area contributed by atoms with Gasteiger partial charge < -0.3 is 16.6 Å². The van der Waals surface area contributed by atoms with E-state index in [2.05, 4.69) is 0 Å². The lowest BCUT2D eigenvalue weighted by atomic mass is 10.0. The van der Waals surface area contributed by atoms with Crippen molar-refractivity contribution in [2.24, 2.45) is 11.5 Å². The number of nitrogens with two attached hydrogens (primary N) is 2. The van der Waals surface area contributed by atoms with E-state index in [9.17, 15) is 9.18 Å². The van der Waals surface area contributed by atoms with E-state index in [1.165, 1.54) is 12.1 Å². The van der Waals surface area contributed by atoms with Crippen molar-refractivity contribution in [3.8, 4) is 0 Å². The monoisotopic (exact) mass is 198 g/mol. The Morgan fingerprint density at radius 3 is 2.71 bits per heavy atom. The number of hydrogen-bond acceptors (Lipinski definition) is 3. The number of carboxylic acids is 1. The molecule has 0 amide bonds. The molecule has 0 aliphatic rings. The zero-order valence-corrected chi connectivity index (χ0v) is 7.40. The van der Waals surface area contributed by atoms with Crippen molar-refractivity contribution < 1.29 is 14.3 Å². The first-order chi connectivity index (χ1) is 6.56. The third-order valence-electron chi connectivity index (χ3n) is 1.90. The minimum Gasteiger partial charge on any atom is -0.478 e. The zero-order chi connectivity index (χ0) is 10.7. The molecule has 1 aromatic carbocycles. The van der Waals surface area contributed by atoms with E-state index in [0.717, 1.165) is 6.07 Å². The normalized spacial score (nSPS) is 12.5. The Morgan fingerprint density at radius 2 is 2.21 bits per heavy atom. The standard InChI is InChI=1S/C9H11FN2O2/c10-7-2-1-5(9(13)14)3-6(7)8(12)4-11/h1-3,8H,4,11-12H2,(H,13,14). The van der Waals surface area contributed by atoms with Gasteiger partial charge in [0.1, 0.15) is 5.82 Å². The summed E-state index contributed by atoms with van der Waals surface area (Å²) in [6.07, 6.45) is 0. The number of carbonyl (C=O) groups is 1. The SMILES string of the molecule is NCC(N)c1cc(C(=O)O)ccc1F. The van der Waals surface area contributed by atoms with Gasteiger partial charge in [-0.05, 0) is 18.2 Å². The molecule has 5 N–H and O–H groups in total. The molecule has 0 saturated heterocycles. The van der Waals surface area contributed by atoms with E-state index in [1.54, 1.807) is 0 Å². The molecule has 0 fully saturated rings. The summed E-state index contributed by atoms with van der Waals surface area (Å²) in [6, 6.07) is 2.79. The number of aromatic carboxylic acids is 1. The third kappa shape index (κ3) is 2.07. The first-order valence-corrected chi connectivity index (χ1v) is 4.04. The zero-order valence-electron chi connectivity index (χ0n) is 7.40. The molecule has 1 unspecified atom stereocenters. The van der Waals surface area contributed by atoms with Gasteiger partial charge in [-0.25, -0.2) is 9.18 Å². The van der Waals surface area contributed by atoms with Crippen LogP contribution in [-0.4, -0.2) is 17.6 Å². The Kier molecular flexibility index (Phi) is 3.16. The molecular weight excluding hydrogens is 187 g/mol. The first kappa shape index (κ1) is 10.6. The summed E-state index contributed by atoms with van der Waals surface area (Å²) < 4.78 is 13.1. The Hall–Kier alpha value is -1.46. The molecule has 0 heterocycles. The Balaban J connectivity index is 3.14. The molecular formula is C9H11FN2O2. The second-order valence-electron chi connectivity index (χ2n) is 2.88. The Bertz CT molecular complexity index is 355. The van der Waals surface area contributed by atoms with Gasteiger partial charge in [-0.3, -0.25) is 0 Å². The van der Waals surface area contributed by atoms with Crippen LogP contribution in [0.15, 0.2) is 18.2 Å². The van der Waals surface area contributed by atoms with Crippen LogP contribution in [0.2, 0.25) is 0 Å². The summed E-state index contributed by atoms with van der Waals surface area (Å²) in [5.41, 5.74) is 10.9. The van der Waals surface area contributed by atoms with Gasteiger partial charge in [0.2, 0.25) is 0 Å². The first-order valence-electron chi connectivity index (χ1n) is 4.04. The molecule has 0 saturated carbocycles. The van der Waals surface area contributed by atoms with Crippen LogP contribution in [0.4, 0.5) is 4.39 Å². The molecule has 4 nitrogen and oxygen atoms in total. The number of halogens is 1. The van der Waals surface area contributed by atoms with Gasteiger partial charge in [-0.1, -0.05) is 0 Å². The molecule has 1 atom stereocenters. The van der Waals surface area contributed by atoms with Crippen LogP contribution in [0, 0.1) is 5.82 Å². The predicted molar refractivity (Wildman–Crippen MR) is 49.3 cm³/mol. The highest BCUT2D eigenvalue weighted by Crippen LogP contribution is 2.16. The highest BCUT2D eigenvalue weighted by molar-refractivity contribution is 5.87. The molecule has 76 valence electrons. The van der Waals surface area contributed by atoms with E-state index in [-0.39, 0.29) is 17.7 Å². The van der Waals surface area contributed by atoms with Crippen LogP contribution in [0.25, 0.3) is 0 Å². The lowest BCUT2D eigenvalue weighted by molar-refractivity contribution is 0.0696. The van der Waals surface area contributed by atoms with Gasteiger partial charge in [-0.2, -0.15) is 0 Å². The van der Waals surface area contributed by atoms with E-state index in [1.807, 2.05) is 0 Å². The quantitative estimate of drug-likeness (QED) is 0.659. The van der Waals surface area contributed by atoms with Gasteiger partial charge in [0.25, 0.3) is 0 Å². The van der Waals surface area contributed by atoms with Crippen LogP contribution in [-0.2, 0) is 0 Å². The van der Waals surface area contributed by atoms with Crippen molar-refractivity contribution in [1.82, 2.24) is 0 Å². The molecule has 1 rings (SSSR count). The topological polar surface area (TPSA) is 89.3 Å². The number of carboxylic acid groups (broad SMARTS) is 1. The molecule has 0 bridgehead atoms. The lowest BCUT2D eigenvalue weighted by Crippen LogP contribution is -2.22. The molecule has 14 heavy (non-hydrogen) atoms. The number of hydrogen-bond donors (Lipinski definition) is 3. The maximum atomic E-state index is 13.1. The fourth-order valence-corrected chi connectivity index (χ4v) is 1.09. The Labute approximate surface area is 80.3 Å². The van der Waals surface area contributed by atoms with Crippen LogP contribution in [0.1, 0.15) is 22.0 Å². The summed E-state index contributed by atoms with van der Waals surface area (Å²) in [4.78, 5) is 10.6. The summed E-state index contributed by atoms with van der Waals surface area (Å²) in [6.45, 7) is 0.0694. The van der Waals surface area contributed by atoms with E-state index >= 15 is 0 Å². The van der Waals surface area contributed by atoms with E-state index < -0.39 is 17.8 Å². The average molecular weight is 198 g/mol. The Morgan fingerprint density at radius 1 is 1.57 bits per heavy atom. The van der Waals surface area contributed by atoms with E-state index in [0.29, 0.717) is 0 Å². The predicted octanol–water partition coefficient (Wildman–Crippen LogP) is 0.482. The van der Waals surface area contributed by atoms with Gasteiger partial charge in [0, 0.05) is 18.2 Å². The number of benzene rings is 1. The van der Waals surface area contributed by atoms with Gasteiger partial charge in [-0.15, -0.1) is 0 Å². The molecule has 0 radical (unpaired) electrons. The summed E-state index contributed by atoms with van der Waals surface area (Å²) in [7, 11) is 0. The average Bonchev–Trinajstić information content (AvgIpc) is 2.17. The molecule has 0 aliphatic carbocycles. The van der Waals surface area contributed by atoms with Crippen LogP contribution in [0.3, 0.4) is 0 Å². The van der Waals surface area contributed by atoms with Crippen LogP contribution < -0.4 is 11.5 Å². The van der Waals surface area contributed by atoms with Crippen molar-refractivity contribution in [1.29, 1.82) is 0 Å². The van der Waals surface area contributed by atoms with Crippen molar-refractivity contribution in [2.75, 3.05) is 6.54 Å². The summed E-state index contributed by atoms with van der Waals surface area (Å²) in [5, 5.41) is 8.66. The van der Waals surface area contributed by atoms with E-state index in [4.69, 9.17) is 16.6 Å². The fraction of sp³-hybridized carbons (Fsp3) is 0.222. The third-order valence-corrected chi connectivity index (χ3v) is 1.90. The maximum absolute atomic E-state index is 13.1. The minimum absolute atomic E-state index is 0.00491. The summed E-state index contributed by atoms with van der Waals surface area (Å²) in [5.74, 6) is -1.65. The van der Waals surface area contributed by atoms with Gasteiger partial charge in [0.05, 0.1) is 5.56 Å². The molecule has 0 aliphatic heterocycles. The van der Waals surface area contributed by atoms with Crippen molar-refractivity contribution in [2.45, 2.75) is 6.04 Å². The molecule has 1 aromatic rings. The number of rotatable bonds is 3. The second-order valence-corrected chi connectivity index (χ2v) is 2.88. The smallest absolute Gasteiger partial charge is 0.335 e. The van der Waals surface area contributed by atoms with Gasteiger partial charge in [0.15, 0.2) is 0 Å². The second kappa shape index (κ2) is 4.17. The fourth-order valence-electron chi connectivity index (χ4n) is 1.09. The summed E-state index contributed by atoms with van der Waals surface area (Å²) >= 11 is 0. The molecule has 5 heteroatoms. The highest BCUT2D eigenvalue weighted by atomic mass is 19.1. The maximum Gasteiger partial charge on any atom is 0.335 e. The van der Waals surface area contributed by atoms with Gasteiger partial charge >= 0.3 is 5.97 Å². The van der Waals surface area contributed by atoms with Crippen molar-refractivity contribution in [3.05, 3.63) is 35.1 Å². The molecule has 0 spiro atoms. The van der Waals surface area contributed by atoms with Crippen molar-refractivity contribution in [3.63, 3.8) is 0 Å². The molecule has 0 aromatic heterocycles.